The minimum Gasteiger partial charge on any atom is -0.378 e. The number of hydrogen-bond acceptors (Lipinski definition) is 4. The van der Waals surface area contributed by atoms with Crippen LogP contribution in [-0.4, -0.2) is 61.0 Å². The molecule has 126 valence electrons. The number of nitrogens with zero attached hydrogens (tertiary/aromatic N) is 2. The van der Waals surface area contributed by atoms with E-state index in [9.17, 15) is 9.59 Å². The van der Waals surface area contributed by atoms with Crippen molar-refractivity contribution < 1.29 is 14.3 Å². The third kappa shape index (κ3) is 3.82. The zero-order chi connectivity index (χ0) is 16.4. The van der Waals surface area contributed by atoms with Crippen molar-refractivity contribution in [2.75, 3.05) is 39.4 Å². The third-order valence-electron chi connectivity index (χ3n) is 4.34. The smallest absolute Gasteiger partial charge is 0.256 e. The molecule has 2 fully saturated rings. The van der Waals surface area contributed by atoms with Crippen molar-refractivity contribution in [2.24, 2.45) is 5.92 Å². The molecule has 1 aromatic heterocycles. The Morgan fingerprint density at radius 3 is 2.30 bits per heavy atom. The predicted octanol–water partition coefficient (Wildman–Crippen LogP) is 2.77. The van der Waals surface area contributed by atoms with Gasteiger partial charge in [0.15, 0.2) is 0 Å². The van der Waals surface area contributed by atoms with E-state index in [2.05, 4.69) is 0 Å². The highest BCUT2D eigenvalue weighted by Crippen LogP contribution is 2.33. The molecular weight excluding hydrogens is 359 g/mol. The lowest BCUT2D eigenvalue weighted by molar-refractivity contribution is -0.141. The molecule has 0 atom stereocenters. The first kappa shape index (κ1) is 17.0. The summed E-state index contributed by atoms with van der Waals surface area (Å²) in [5, 5.41) is 0. The van der Waals surface area contributed by atoms with Crippen LogP contribution in [0.5, 0.6) is 0 Å². The van der Waals surface area contributed by atoms with Gasteiger partial charge in [-0.2, -0.15) is 0 Å². The Morgan fingerprint density at radius 2 is 1.74 bits per heavy atom. The first-order valence-electron chi connectivity index (χ1n) is 7.67. The van der Waals surface area contributed by atoms with E-state index in [-0.39, 0.29) is 17.7 Å². The van der Waals surface area contributed by atoms with Crippen LogP contribution < -0.4 is 0 Å². The highest BCUT2D eigenvalue weighted by molar-refractivity contribution is 7.20. The second-order valence-electron chi connectivity index (χ2n) is 5.74. The van der Waals surface area contributed by atoms with Crippen LogP contribution in [0, 0.1) is 5.92 Å². The number of carbonyl (C=O) groups is 2. The van der Waals surface area contributed by atoms with Crippen LogP contribution in [0.1, 0.15) is 23.2 Å². The van der Waals surface area contributed by atoms with Gasteiger partial charge in [0.05, 0.1) is 23.1 Å². The van der Waals surface area contributed by atoms with Crippen LogP contribution in [0.15, 0.2) is 6.07 Å². The van der Waals surface area contributed by atoms with E-state index >= 15 is 0 Å². The average Bonchev–Trinajstić information content (AvgIpc) is 2.93. The first-order valence-corrected chi connectivity index (χ1v) is 9.24. The summed E-state index contributed by atoms with van der Waals surface area (Å²) >= 11 is 13.2. The van der Waals surface area contributed by atoms with Gasteiger partial charge in [-0.25, -0.2) is 0 Å². The van der Waals surface area contributed by atoms with Crippen LogP contribution >= 0.6 is 34.5 Å². The van der Waals surface area contributed by atoms with Gasteiger partial charge >= 0.3 is 0 Å². The molecule has 0 spiro atoms. The summed E-state index contributed by atoms with van der Waals surface area (Å²) in [5.74, 6) is 0.0890. The van der Waals surface area contributed by atoms with Gasteiger partial charge in [-0.3, -0.25) is 9.59 Å². The maximum atomic E-state index is 12.5. The zero-order valence-corrected chi connectivity index (χ0v) is 14.9. The Labute approximate surface area is 149 Å². The van der Waals surface area contributed by atoms with Crippen molar-refractivity contribution in [3.63, 3.8) is 0 Å². The fourth-order valence-corrected chi connectivity index (χ4v) is 4.48. The number of halogens is 2. The summed E-state index contributed by atoms with van der Waals surface area (Å²) in [7, 11) is 0. The summed E-state index contributed by atoms with van der Waals surface area (Å²) in [6, 6.07) is 1.61. The molecule has 0 aliphatic carbocycles. The van der Waals surface area contributed by atoms with E-state index in [1.165, 1.54) is 11.3 Å². The van der Waals surface area contributed by atoms with Crippen molar-refractivity contribution in [3.05, 3.63) is 20.3 Å². The molecule has 0 unspecified atom stereocenters. The summed E-state index contributed by atoms with van der Waals surface area (Å²) in [6.07, 6.45) is 1.38. The molecule has 3 rings (SSSR count). The third-order valence-corrected chi connectivity index (χ3v) is 5.83. The number of rotatable bonds is 2. The SMILES string of the molecule is O=C(c1cc(Cl)sc1Cl)N1CCC(C(=O)N2CCOCC2)CC1. The minimum absolute atomic E-state index is 0.00122. The fraction of sp³-hybridized carbons (Fsp3) is 0.600. The van der Waals surface area contributed by atoms with Crippen LogP contribution in [0.4, 0.5) is 0 Å². The molecule has 8 heteroatoms. The Bertz CT molecular complexity index is 594. The number of piperidine rings is 1. The molecule has 2 aliphatic rings. The second-order valence-corrected chi connectivity index (χ2v) is 8.03. The van der Waals surface area contributed by atoms with Crippen LogP contribution in [-0.2, 0) is 9.53 Å². The lowest BCUT2D eigenvalue weighted by atomic mass is 9.94. The number of amides is 2. The molecule has 0 aromatic carbocycles. The standard InChI is InChI=1S/C15H18Cl2N2O3S/c16-12-9-11(13(17)23-12)15(21)18-3-1-10(2-4-18)14(20)19-5-7-22-8-6-19/h9-10H,1-8H2. The van der Waals surface area contributed by atoms with E-state index in [4.69, 9.17) is 27.9 Å². The molecule has 2 saturated heterocycles. The molecule has 5 nitrogen and oxygen atoms in total. The zero-order valence-electron chi connectivity index (χ0n) is 12.6. The van der Waals surface area contributed by atoms with Gasteiger partial charge < -0.3 is 14.5 Å². The highest BCUT2D eigenvalue weighted by atomic mass is 35.5. The van der Waals surface area contributed by atoms with E-state index in [0.717, 1.165) is 0 Å². The number of morpholine rings is 1. The monoisotopic (exact) mass is 376 g/mol. The fourth-order valence-electron chi connectivity index (χ4n) is 3.03. The Balaban J connectivity index is 1.56. The van der Waals surface area contributed by atoms with Crippen molar-refractivity contribution in [3.8, 4) is 0 Å². The summed E-state index contributed by atoms with van der Waals surface area (Å²) in [5.41, 5.74) is 0.458. The van der Waals surface area contributed by atoms with Gasteiger partial charge in [-0.1, -0.05) is 23.2 Å². The molecular formula is C15H18Cl2N2O3S. The van der Waals surface area contributed by atoms with Gasteiger partial charge in [0.1, 0.15) is 4.34 Å². The minimum atomic E-state index is -0.101. The highest BCUT2D eigenvalue weighted by Gasteiger charge is 2.31. The van der Waals surface area contributed by atoms with E-state index in [1.54, 1.807) is 11.0 Å². The number of likely N-dealkylation sites (tertiary alicyclic amines) is 1. The van der Waals surface area contributed by atoms with E-state index in [1.807, 2.05) is 4.90 Å². The molecule has 0 saturated carbocycles. The van der Waals surface area contributed by atoms with Crippen molar-refractivity contribution in [1.82, 2.24) is 9.80 Å². The number of carbonyl (C=O) groups excluding carboxylic acids is 2. The molecule has 3 heterocycles. The topological polar surface area (TPSA) is 49.9 Å². The summed E-state index contributed by atoms with van der Waals surface area (Å²) in [6.45, 7) is 3.70. The lowest BCUT2D eigenvalue weighted by Gasteiger charge is -2.35. The Morgan fingerprint density at radius 1 is 1.09 bits per heavy atom. The first-order chi connectivity index (χ1) is 11.1. The van der Waals surface area contributed by atoms with E-state index < -0.39 is 0 Å². The van der Waals surface area contributed by atoms with Crippen molar-refractivity contribution in [2.45, 2.75) is 12.8 Å². The second kappa shape index (κ2) is 7.38. The molecule has 0 radical (unpaired) electrons. The maximum absolute atomic E-state index is 12.5. The van der Waals surface area contributed by atoms with Crippen LogP contribution in [0.3, 0.4) is 0 Å². The Hall–Kier alpha value is -0.820. The predicted molar refractivity (Wildman–Crippen MR) is 90.4 cm³/mol. The molecule has 2 amide bonds. The Kier molecular flexibility index (Phi) is 5.46. The van der Waals surface area contributed by atoms with Gasteiger partial charge in [-0.15, -0.1) is 11.3 Å². The van der Waals surface area contributed by atoms with E-state index in [0.29, 0.717) is 66.5 Å². The lowest BCUT2D eigenvalue weighted by Crippen LogP contribution is -2.47. The number of hydrogen-bond donors (Lipinski definition) is 0. The summed E-state index contributed by atoms with van der Waals surface area (Å²) < 4.78 is 6.21. The van der Waals surface area contributed by atoms with Crippen molar-refractivity contribution >= 4 is 46.4 Å². The molecule has 0 N–H and O–H groups in total. The largest absolute Gasteiger partial charge is 0.378 e. The van der Waals surface area contributed by atoms with Crippen LogP contribution in [0.25, 0.3) is 0 Å². The molecule has 1 aromatic rings. The van der Waals surface area contributed by atoms with Gasteiger partial charge in [-0.05, 0) is 18.9 Å². The number of ether oxygens (including phenoxy) is 1. The average molecular weight is 377 g/mol. The summed E-state index contributed by atoms with van der Waals surface area (Å²) in [4.78, 5) is 28.6. The van der Waals surface area contributed by atoms with Gasteiger partial charge in [0.2, 0.25) is 5.91 Å². The van der Waals surface area contributed by atoms with Gasteiger partial charge in [0.25, 0.3) is 5.91 Å². The van der Waals surface area contributed by atoms with Gasteiger partial charge in [0, 0.05) is 32.1 Å². The number of thiophene rings is 1. The normalized spacial score (nSPS) is 19.9. The van der Waals surface area contributed by atoms with Crippen LogP contribution in [0.2, 0.25) is 8.67 Å². The quantitative estimate of drug-likeness (QED) is 0.797. The molecule has 2 aliphatic heterocycles. The molecule has 0 bridgehead atoms. The maximum Gasteiger partial charge on any atom is 0.256 e. The molecule has 23 heavy (non-hydrogen) atoms. The van der Waals surface area contributed by atoms with Crippen molar-refractivity contribution in [1.29, 1.82) is 0 Å².